The molecule has 3 aromatic rings. The third-order valence-electron chi connectivity index (χ3n) is 4.51. The molecule has 0 saturated heterocycles. The van der Waals surface area contributed by atoms with Crippen molar-refractivity contribution in [2.24, 2.45) is 0 Å². The number of carboxylic acid groups (broad SMARTS) is 1. The standard InChI is InChI=1S/C24H25ClN2O3/c1-24(2,3)27(23(28)29)22-11-7-10-20(26-22)15-18-14-19(25)12-13-21(18)30-16-17-8-5-4-6-9-17/h4-14H,15-16H2,1-3H3,(H,28,29). The maximum absolute atomic E-state index is 11.8. The number of halogens is 1. The van der Waals surface area contributed by atoms with Crippen molar-refractivity contribution in [3.8, 4) is 5.75 Å². The minimum absolute atomic E-state index is 0.390. The smallest absolute Gasteiger partial charge is 0.413 e. The van der Waals surface area contributed by atoms with Gasteiger partial charge >= 0.3 is 6.09 Å². The number of anilines is 1. The van der Waals surface area contributed by atoms with Crippen LogP contribution in [0.4, 0.5) is 10.6 Å². The van der Waals surface area contributed by atoms with Gasteiger partial charge in [0.1, 0.15) is 18.2 Å². The molecular formula is C24H25ClN2O3. The Morgan fingerprint density at radius 2 is 1.80 bits per heavy atom. The van der Waals surface area contributed by atoms with E-state index in [1.54, 1.807) is 12.1 Å². The largest absolute Gasteiger partial charge is 0.489 e. The van der Waals surface area contributed by atoms with Crippen LogP contribution < -0.4 is 9.64 Å². The average Bonchev–Trinajstić information content (AvgIpc) is 2.67. The van der Waals surface area contributed by atoms with E-state index in [1.807, 2.05) is 75.4 Å². The van der Waals surface area contributed by atoms with Crippen molar-refractivity contribution in [2.75, 3.05) is 4.90 Å². The Morgan fingerprint density at radius 3 is 2.47 bits per heavy atom. The van der Waals surface area contributed by atoms with Gasteiger partial charge in [-0.15, -0.1) is 0 Å². The normalized spacial score (nSPS) is 11.2. The van der Waals surface area contributed by atoms with Crippen LogP contribution in [0.1, 0.15) is 37.6 Å². The van der Waals surface area contributed by atoms with Gasteiger partial charge in [-0.25, -0.2) is 9.78 Å². The van der Waals surface area contributed by atoms with Gasteiger partial charge in [0, 0.05) is 28.2 Å². The van der Waals surface area contributed by atoms with Gasteiger partial charge in [0.05, 0.1) is 0 Å². The lowest BCUT2D eigenvalue weighted by molar-refractivity contribution is 0.195. The topological polar surface area (TPSA) is 62.7 Å². The molecule has 1 N–H and O–H groups in total. The van der Waals surface area contributed by atoms with Gasteiger partial charge in [0.25, 0.3) is 0 Å². The van der Waals surface area contributed by atoms with Crippen LogP contribution >= 0.6 is 11.6 Å². The first-order chi connectivity index (χ1) is 14.2. The predicted octanol–water partition coefficient (Wildman–Crippen LogP) is 6.19. The highest BCUT2D eigenvalue weighted by Crippen LogP contribution is 2.28. The Labute approximate surface area is 181 Å². The number of ether oxygens (including phenoxy) is 1. The summed E-state index contributed by atoms with van der Waals surface area (Å²) in [5, 5.41) is 10.3. The quantitative estimate of drug-likeness (QED) is 0.512. The van der Waals surface area contributed by atoms with Crippen LogP contribution in [-0.4, -0.2) is 21.7 Å². The predicted molar refractivity (Wildman–Crippen MR) is 120 cm³/mol. The third kappa shape index (κ3) is 5.51. The fourth-order valence-electron chi connectivity index (χ4n) is 3.18. The third-order valence-corrected chi connectivity index (χ3v) is 4.75. The zero-order valence-electron chi connectivity index (χ0n) is 17.3. The zero-order valence-corrected chi connectivity index (χ0v) is 18.1. The molecule has 0 aliphatic carbocycles. The maximum Gasteiger partial charge on any atom is 0.413 e. The molecule has 0 unspecified atom stereocenters. The molecule has 0 bridgehead atoms. The molecule has 0 fully saturated rings. The van der Waals surface area contributed by atoms with E-state index >= 15 is 0 Å². The number of nitrogens with zero attached hydrogens (tertiary/aromatic N) is 2. The summed E-state index contributed by atoms with van der Waals surface area (Å²) in [5.41, 5.74) is 2.08. The number of pyridine rings is 1. The number of hydrogen-bond donors (Lipinski definition) is 1. The molecule has 156 valence electrons. The van der Waals surface area contributed by atoms with Crippen LogP contribution in [0.25, 0.3) is 0 Å². The van der Waals surface area contributed by atoms with E-state index in [0.29, 0.717) is 23.9 Å². The first-order valence-corrected chi connectivity index (χ1v) is 10.1. The van der Waals surface area contributed by atoms with Gasteiger partial charge in [-0.05, 0) is 56.7 Å². The van der Waals surface area contributed by atoms with E-state index in [0.717, 1.165) is 22.6 Å². The molecular weight excluding hydrogens is 400 g/mol. The summed E-state index contributed by atoms with van der Waals surface area (Å²) < 4.78 is 6.03. The van der Waals surface area contributed by atoms with Crippen molar-refractivity contribution in [3.63, 3.8) is 0 Å². The van der Waals surface area contributed by atoms with Gasteiger partial charge in [0.15, 0.2) is 0 Å². The molecule has 0 spiro atoms. The number of aromatic nitrogens is 1. The molecule has 0 atom stereocenters. The van der Waals surface area contributed by atoms with Crippen molar-refractivity contribution < 1.29 is 14.6 Å². The highest BCUT2D eigenvalue weighted by atomic mass is 35.5. The Kier molecular flexibility index (Phi) is 6.63. The average molecular weight is 425 g/mol. The zero-order chi connectivity index (χ0) is 21.7. The Morgan fingerprint density at radius 1 is 1.07 bits per heavy atom. The molecule has 6 heteroatoms. The molecule has 1 aromatic heterocycles. The monoisotopic (exact) mass is 424 g/mol. The first kappa shape index (κ1) is 21.7. The molecule has 0 saturated carbocycles. The molecule has 0 radical (unpaired) electrons. The Bertz CT molecular complexity index is 1020. The molecule has 2 aromatic carbocycles. The summed E-state index contributed by atoms with van der Waals surface area (Å²) in [4.78, 5) is 17.6. The SMILES string of the molecule is CC(C)(C)N(C(=O)O)c1cccc(Cc2cc(Cl)ccc2OCc2ccccc2)n1. The van der Waals surface area contributed by atoms with Crippen molar-refractivity contribution in [3.05, 3.63) is 88.6 Å². The van der Waals surface area contributed by atoms with Gasteiger partial charge in [-0.3, -0.25) is 4.90 Å². The number of benzene rings is 2. The van der Waals surface area contributed by atoms with Crippen LogP contribution in [-0.2, 0) is 13.0 Å². The molecule has 30 heavy (non-hydrogen) atoms. The lowest BCUT2D eigenvalue weighted by Gasteiger charge is -2.32. The van der Waals surface area contributed by atoms with E-state index in [4.69, 9.17) is 16.3 Å². The molecule has 0 aliphatic rings. The van der Waals surface area contributed by atoms with Crippen molar-refractivity contribution in [1.82, 2.24) is 4.98 Å². The maximum atomic E-state index is 11.8. The summed E-state index contributed by atoms with van der Waals surface area (Å²) in [7, 11) is 0. The number of hydrogen-bond acceptors (Lipinski definition) is 3. The summed E-state index contributed by atoms with van der Waals surface area (Å²) in [6, 6.07) is 20.8. The second kappa shape index (κ2) is 9.18. The Hall–Kier alpha value is -3.05. The highest BCUT2D eigenvalue weighted by molar-refractivity contribution is 6.30. The van der Waals surface area contributed by atoms with Crippen LogP contribution in [0.5, 0.6) is 5.75 Å². The lowest BCUT2D eigenvalue weighted by atomic mass is 10.1. The molecule has 3 rings (SSSR count). The Balaban J connectivity index is 1.85. The van der Waals surface area contributed by atoms with Crippen LogP contribution in [0, 0.1) is 0 Å². The summed E-state index contributed by atoms with van der Waals surface area (Å²) in [6.07, 6.45) is -0.572. The van der Waals surface area contributed by atoms with E-state index in [2.05, 4.69) is 4.98 Å². The molecule has 1 amide bonds. The minimum atomic E-state index is -1.04. The van der Waals surface area contributed by atoms with Crippen molar-refractivity contribution >= 4 is 23.5 Å². The van der Waals surface area contributed by atoms with Gasteiger partial charge in [-0.2, -0.15) is 0 Å². The second-order valence-corrected chi connectivity index (χ2v) is 8.42. The van der Waals surface area contributed by atoms with Crippen LogP contribution in [0.2, 0.25) is 5.02 Å². The lowest BCUT2D eigenvalue weighted by Crippen LogP contribution is -2.45. The first-order valence-electron chi connectivity index (χ1n) is 9.68. The van der Waals surface area contributed by atoms with Gasteiger partial charge in [0.2, 0.25) is 0 Å². The van der Waals surface area contributed by atoms with Gasteiger partial charge in [-0.1, -0.05) is 48.0 Å². The minimum Gasteiger partial charge on any atom is -0.489 e. The highest BCUT2D eigenvalue weighted by Gasteiger charge is 2.29. The molecule has 1 heterocycles. The van der Waals surface area contributed by atoms with Crippen LogP contribution in [0.15, 0.2) is 66.7 Å². The second-order valence-electron chi connectivity index (χ2n) is 7.98. The van der Waals surface area contributed by atoms with E-state index < -0.39 is 11.6 Å². The van der Waals surface area contributed by atoms with Crippen molar-refractivity contribution in [1.29, 1.82) is 0 Å². The number of rotatable bonds is 6. The molecule has 0 aliphatic heterocycles. The summed E-state index contributed by atoms with van der Waals surface area (Å²) in [6.45, 7) is 5.95. The number of amides is 1. The van der Waals surface area contributed by atoms with E-state index in [-0.39, 0.29) is 0 Å². The summed E-state index contributed by atoms with van der Waals surface area (Å²) >= 11 is 6.22. The fourth-order valence-corrected chi connectivity index (χ4v) is 3.37. The van der Waals surface area contributed by atoms with Crippen molar-refractivity contribution in [2.45, 2.75) is 39.3 Å². The molecule has 5 nitrogen and oxygen atoms in total. The number of carbonyl (C=O) groups is 1. The summed E-state index contributed by atoms with van der Waals surface area (Å²) in [5.74, 6) is 1.11. The fraction of sp³-hybridized carbons (Fsp3) is 0.250. The van der Waals surface area contributed by atoms with E-state index in [1.165, 1.54) is 4.90 Å². The van der Waals surface area contributed by atoms with Crippen LogP contribution in [0.3, 0.4) is 0 Å². The van der Waals surface area contributed by atoms with Gasteiger partial charge < -0.3 is 9.84 Å². The van der Waals surface area contributed by atoms with E-state index in [9.17, 15) is 9.90 Å².